The summed E-state index contributed by atoms with van der Waals surface area (Å²) in [5, 5.41) is 2.38. The standard InChI is InChI=1S/C7H12N2OS/c1-5(2)3-10-6-4-11-7(8)9-6/h4-5H,3H2,1-2H3,(H2,8,9). The Balaban J connectivity index is 2.39. The second-order valence-electron chi connectivity index (χ2n) is 2.73. The molecular formula is C7H12N2OS. The average molecular weight is 172 g/mol. The quantitative estimate of drug-likeness (QED) is 0.755. The van der Waals surface area contributed by atoms with Crippen LogP contribution in [0.3, 0.4) is 0 Å². The van der Waals surface area contributed by atoms with Crippen molar-refractivity contribution in [1.82, 2.24) is 4.98 Å². The van der Waals surface area contributed by atoms with E-state index in [9.17, 15) is 0 Å². The average Bonchev–Trinajstić information content (AvgIpc) is 2.31. The first-order valence-electron chi connectivity index (χ1n) is 3.52. The van der Waals surface area contributed by atoms with Crippen molar-refractivity contribution in [2.24, 2.45) is 5.92 Å². The summed E-state index contributed by atoms with van der Waals surface area (Å²) in [5.41, 5.74) is 5.41. The van der Waals surface area contributed by atoms with Gasteiger partial charge in [-0.2, -0.15) is 4.98 Å². The Kier molecular flexibility index (Phi) is 2.70. The molecule has 0 saturated carbocycles. The van der Waals surface area contributed by atoms with Crippen LogP contribution in [0.1, 0.15) is 13.8 Å². The van der Waals surface area contributed by atoms with Crippen molar-refractivity contribution in [3.63, 3.8) is 0 Å². The molecule has 0 aliphatic carbocycles. The number of nitrogens with two attached hydrogens (primary N) is 1. The molecular weight excluding hydrogens is 160 g/mol. The van der Waals surface area contributed by atoms with Crippen molar-refractivity contribution in [1.29, 1.82) is 0 Å². The molecule has 1 heterocycles. The van der Waals surface area contributed by atoms with Gasteiger partial charge in [0.15, 0.2) is 5.13 Å². The van der Waals surface area contributed by atoms with Gasteiger partial charge in [0.25, 0.3) is 0 Å². The highest BCUT2D eigenvalue weighted by Gasteiger charge is 1.99. The fourth-order valence-corrected chi connectivity index (χ4v) is 1.08. The van der Waals surface area contributed by atoms with E-state index in [0.717, 1.165) is 0 Å². The highest BCUT2D eigenvalue weighted by atomic mass is 32.1. The van der Waals surface area contributed by atoms with Gasteiger partial charge in [0.2, 0.25) is 5.88 Å². The second kappa shape index (κ2) is 3.57. The number of ether oxygens (including phenoxy) is 1. The minimum atomic E-state index is 0.526. The van der Waals surface area contributed by atoms with Crippen LogP contribution in [0.25, 0.3) is 0 Å². The molecule has 11 heavy (non-hydrogen) atoms. The summed E-state index contributed by atoms with van der Waals surface area (Å²) < 4.78 is 5.31. The summed E-state index contributed by atoms with van der Waals surface area (Å²) in [7, 11) is 0. The molecule has 0 bridgehead atoms. The molecule has 0 aromatic carbocycles. The van der Waals surface area contributed by atoms with Crippen LogP contribution >= 0.6 is 11.3 Å². The Morgan fingerprint density at radius 3 is 2.91 bits per heavy atom. The molecule has 0 aliphatic rings. The second-order valence-corrected chi connectivity index (χ2v) is 3.62. The highest BCUT2D eigenvalue weighted by molar-refractivity contribution is 7.13. The smallest absolute Gasteiger partial charge is 0.226 e. The number of thiazole rings is 1. The predicted octanol–water partition coefficient (Wildman–Crippen LogP) is 1.76. The van der Waals surface area contributed by atoms with Crippen LogP contribution in [0.2, 0.25) is 0 Å². The Morgan fingerprint density at radius 2 is 2.45 bits per heavy atom. The van der Waals surface area contributed by atoms with Crippen LogP contribution in [0.5, 0.6) is 5.88 Å². The van der Waals surface area contributed by atoms with E-state index < -0.39 is 0 Å². The van der Waals surface area contributed by atoms with Crippen LogP contribution in [0.4, 0.5) is 5.13 Å². The van der Waals surface area contributed by atoms with Crippen LogP contribution < -0.4 is 10.5 Å². The summed E-state index contributed by atoms with van der Waals surface area (Å²) in [6.45, 7) is 4.88. The van der Waals surface area contributed by atoms with Gasteiger partial charge in [-0.3, -0.25) is 0 Å². The molecule has 0 radical (unpaired) electrons. The maximum absolute atomic E-state index is 5.41. The molecule has 0 atom stereocenters. The van der Waals surface area contributed by atoms with E-state index in [1.165, 1.54) is 11.3 Å². The van der Waals surface area contributed by atoms with E-state index in [1.54, 1.807) is 0 Å². The van der Waals surface area contributed by atoms with E-state index in [2.05, 4.69) is 18.8 Å². The lowest BCUT2D eigenvalue weighted by molar-refractivity contribution is 0.263. The molecule has 3 nitrogen and oxygen atoms in total. The van der Waals surface area contributed by atoms with Crippen LogP contribution in [0.15, 0.2) is 5.38 Å². The van der Waals surface area contributed by atoms with Crippen molar-refractivity contribution >= 4 is 16.5 Å². The molecule has 0 amide bonds. The van der Waals surface area contributed by atoms with Gasteiger partial charge in [-0.25, -0.2) is 0 Å². The van der Waals surface area contributed by atoms with Gasteiger partial charge in [-0.15, -0.1) is 11.3 Å². The normalized spacial score (nSPS) is 10.5. The Morgan fingerprint density at radius 1 is 1.73 bits per heavy atom. The van der Waals surface area contributed by atoms with Gasteiger partial charge >= 0.3 is 0 Å². The first-order chi connectivity index (χ1) is 5.18. The fourth-order valence-electron chi connectivity index (χ4n) is 0.590. The molecule has 62 valence electrons. The zero-order valence-electron chi connectivity index (χ0n) is 6.70. The van der Waals surface area contributed by atoms with E-state index in [0.29, 0.717) is 23.5 Å². The molecule has 0 spiro atoms. The Bertz CT molecular complexity index is 222. The monoisotopic (exact) mass is 172 g/mol. The fraction of sp³-hybridized carbons (Fsp3) is 0.571. The van der Waals surface area contributed by atoms with Crippen molar-refractivity contribution in [3.05, 3.63) is 5.38 Å². The van der Waals surface area contributed by atoms with Gasteiger partial charge < -0.3 is 10.5 Å². The van der Waals surface area contributed by atoms with E-state index in [-0.39, 0.29) is 0 Å². The predicted molar refractivity (Wildman–Crippen MR) is 46.9 cm³/mol. The van der Waals surface area contributed by atoms with Gasteiger partial charge in [0, 0.05) is 0 Å². The largest absolute Gasteiger partial charge is 0.477 e. The third-order valence-electron chi connectivity index (χ3n) is 1.07. The third kappa shape index (κ3) is 2.76. The summed E-state index contributed by atoms with van der Waals surface area (Å²) in [5.74, 6) is 1.17. The zero-order valence-corrected chi connectivity index (χ0v) is 7.52. The van der Waals surface area contributed by atoms with Gasteiger partial charge in [-0.05, 0) is 5.92 Å². The number of hydrogen-bond acceptors (Lipinski definition) is 4. The Labute approximate surface area is 70.2 Å². The summed E-state index contributed by atoms with van der Waals surface area (Å²) in [6, 6.07) is 0. The first kappa shape index (κ1) is 8.33. The maximum atomic E-state index is 5.41. The SMILES string of the molecule is CC(C)COc1csc(N)n1. The summed E-state index contributed by atoms with van der Waals surface area (Å²) in [4.78, 5) is 3.96. The molecule has 4 heteroatoms. The van der Waals surface area contributed by atoms with Gasteiger partial charge in [0.1, 0.15) is 0 Å². The van der Waals surface area contributed by atoms with Crippen LogP contribution in [-0.2, 0) is 0 Å². The number of hydrogen-bond donors (Lipinski definition) is 1. The Hall–Kier alpha value is -0.770. The molecule has 1 aromatic rings. The minimum Gasteiger partial charge on any atom is -0.477 e. The van der Waals surface area contributed by atoms with E-state index >= 15 is 0 Å². The number of nitrogen functional groups attached to an aromatic ring is 1. The molecule has 1 rings (SSSR count). The van der Waals surface area contributed by atoms with Gasteiger partial charge in [-0.1, -0.05) is 13.8 Å². The van der Waals surface area contributed by atoms with Crippen LogP contribution in [-0.4, -0.2) is 11.6 Å². The van der Waals surface area contributed by atoms with Crippen molar-refractivity contribution in [3.8, 4) is 5.88 Å². The highest BCUT2D eigenvalue weighted by Crippen LogP contribution is 2.17. The van der Waals surface area contributed by atoms with Crippen molar-refractivity contribution in [2.75, 3.05) is 12.3 Å². The third-order valence-corrected chi connectivity index (χ3v) is 1.72. The van der Waals surface area contributed by atoms with E-state index in [4.69, 9.17) is 10.5 Å². The summed E-state index contributed by atoms with van der Waals surface area (Å²) >= 11 is 1.40. The van der Waals surface area contributed by atoms with Crippen molar-refractivity contribution < 1.29 is 4.74 Å². The molecule has 0 unspecified atom stereocenters. The number of anilines is 1. The van der Waals surface area contributed by atoms with Gasteiger partial charge in [0.05, 0.1) is 12.0 Å². The van der Waals surface area contributed by atoms with E-state index in [1.807, 2.05) is 5.38 Å². The lowest BCUT2D eigenvalue weighted by Gasteiger charge is -2.03. The molecule has 0 aliphatic heterocycles. The topological polar surface area (TPSA) is 48.1 Å². The maximum Gasteiger partial charge on any atom is 0.226 e. The minimum absolute atomic E-state index is 0.526. The van der Waals surface area contributed by atoms with Crippen molar-refractivity contribution in [2.45, 2.75) is 13.8 Å². The molecule has 1 aromatic heterocycles. The first-order valence-corrected chi connectivity index (χ1v) is 4.40. The number of nitrogens with zero attached hydrogens (tertiary/aromatic N) is 1. The number of aromatic nitrogens is 1. The zero-order chi connectivity index (χ0) is 8.27. The summed E-state index contributed by atoms with van der Waals surface area (Å²) in [6.07, 6.45) is 0. The molecule has 0 saturated heterocycles. The molecule has 0 fully saturated rings. The number of rotatable bonds is 3. The molecule has 2 N–H and O–H groups in total. The van der Waals surface area contributed by atoms with Crippen LogP contribution in [0, 0.1) is 5.92 Å². The lowest BCUT2D eigenvalue weighted by atomic mass is 10.2. The lowest BCUT2D eigenvalue weighted by Crippen LogP contribution is -2.04.